The molecule has 2 aromatic carbocycles. The van der Waals surface area contributed by atoms with Gasteiger partial charge in [0.1, 0.15) is 11.8 Å². The van der Waals surface area contributed by atoms with Crippen molar-refractivity contribution in [3.05, 3.63) is 59.7 Å². The third kappa shape index (κ3) is 4.63. The maximum atomic E-state index is 13.4. The molecule has 0 aliphatic carbocycles. The normalized spacial score (nSPS) is 18.3. The molecular formula is C27H34N3O2+. The van der Waals surface area contributed by atoms with E-state index in [0.29, 0.717) is 24.1 Å². The molecule has 1 aliphatic heterocycles. The van der Waals surface area contributed by atoms with Crippen molar-refractivity contribution in [3.63, 3.8) is 0 Å². The number of carbonyl (C=O) groups excluding carboxylic acids is 1. The van der Waals surface area contributed by atoms with Crippen molar-refractivity contribution in [2.75, 3.05) is 26.7 Å². The minimum Gasteiger partial charge on any atom is -0.497 e. The molecule has 0 spiro atoms. The van der Waals surface area contributed by atoms with Crippen LogP contribution in [-0.4, -0.2) is 43.7 Å². The Hall–Kier alpha value is -2.92. The van der Waals surface area contributed by atoms with Crippen molar-refractivity contribution in [2.45, 2.75) is 45.6 Å². The summed E-state index contributed by atoms with van der Waals surface area (Å²) < 4.78 is 5.28. The molecular weight excluding hydrogens is 398 g/mol. The van der Waals surface area contributed by atoms with E-state index in [1.54, 1.807) is 12.0 Å². The zero-order chi connectivity index (χ0) is 22.7. The van der Waals surface area contributed by atoms with E-state index in [2.05, 4.69) is 38.2 Å². The molecule has 0 bridgehead atoms. The molecule has 2 heterocycles. The highest BCUT2D eigenvalue weighted by molar-refractivity contribution is 6.07. The molecule has 0 radical (unpaired) electrons. The van der Waals surface area contributed by atoms with E-state index in [-0.39, 0.29) is 5.91 Å². The lowest BCUT2D eigenvalue weighted by molar-refractivity contribution is -0.909. The number of benzene rings is 2. The van der Waals surface area contributed by atoms with Crippen LogP contribution in [0.4, 0.5) is 0 Å². The van der Waals surface area contributed by atoms with Crippen LogP contribution in [0.2, 0.25) is 0 Å². The first-order chi connectivity index (χ1) is 15.5. The van der Waals surface area contributed by atoms with E-state index in [9.17, 15) is 4.79 Å². The number of rotatable bonds is 7. The fourth-order valence-corrected chi connectivity index (χ4v) is 4.71. The van der Waals surface area contributed by atoms with Crippen molar-refractivity contribution in [3.8, 4) is 17.0 Å². The Morgan fingerprint density at radius 1 is 1.19 bits per heavy atom. The standard InChI is InChI=1S/C27H33N3O2/c1-5-30-14-6-7-21(30)17-28-27(31)24-16-26(19-8-11-22(32-4)12-9-19)29-25-13-10-20(18(2)3)15-23(24)25/h8-13,15-16,18,21H,5-7,14,17H2,1-4H3,(H,28,31)/p+1. The summed E-state index contributed by atoms with van der Waals surface area (Å²) in [5.41, 5.74) is 4.51. The van der Waals surface area contributed by atoms with Gasteiger partial charge in [0, 0.05) is 23.8 Å². The van der Waals surface area contributed by atoms with Crippen LogP contribution in [0.5, 0.6) is 5.75 Å². The molecule has 2 N–H and O–H groups in total. The number of hydrogen-bond donors (Lipinski definition) is 2. The van der Waals surface area contributed by atoms with Crippen molar-refractivity contribution >= 4 is 16.8 Å². The fraction of sp³-hybridized carbons (Fsp3) is 0.407. The summed E-state index contributed by atoms with van der Waals surface area (Å²) >= 11 is 0. The number of fused-ring (bicyclic) bond motifs is 1. The third-order valence-electron chi connectivity index (χ3n) is 6.72. The van der Waals surface area contributed by atoms with E-state index in [4.69, 9.17) is 9.72 Å². The van der Waals surface area contributed by atoms with Crippen molar-refractivity contribution in [1.82, 2.24) is 10.3 Å². The Morgan fingerprint density at radius 3 is 2.66 bits per heavy atom. The lowest BCUT2D eigenvalue weighted by Crippen LogP contribution is -3.14. The van der Waals surface area contributed by atoms with Crippen LogP contribution in [0, 0.1) is 0 Å². The summed E-state index contributed by atoms with van der Waals surface area (Å²) in [6, 6.07) is 16.5. The number of pyridine rings is 1. The zero-order valence-corrected chi connectivity index (χ0v) is 19.6. The second-order valence-corrected chi connectivity index (χ2v) is 9.03. The number of aromatic nitrogens is 1. The molecule has 0 saturated carbocycles. The van der Waals surface area contributed by atoms with E-state index in [1.807, 2.05) is 36.4 Å². The van der Waals surface area contributed by atoms with Crippen LogP contribution in [-0.2, 0) is 0 Å². The van der Waals surface area contributed by atoms with Crippen molar-refractivity contribution < 1.29 is 14.4 Å². The van der Waals surface area contributed by atoms with Gasteiger partial charge in [0.15, 0.2) is 0 Å². The van der Waals surface area contributed by atoms with Crippen molar-refractivity contribution in [2.24, 2.45) is 0 Å². The molecule has 5 nitrogen and oxygen atoms in total. The molecule has 1 amide bonds. The van der Waals surface area contributed by atoms with Gasteiger partial charge in [-0.05, 0) is 60.9 Å². The maximum Gasteiger partial charge on any atom is 0.252 e. The van der Waals surface area contributed by atoms with E-state index in [0.717, 1.165) is 34.5 Å². The van der Waals surface area contributed by atoms with Crippen LogP contribution in [0.15, 0.2) is 48.5 Å². The molecule has 1 saturated heterocycles. The maximum absolute atomic E-state index is 13.4. The largest absolute Gasteiger partial charge is 0.497 e. The Labute approximate surface area is 190 Å². The Balaban J connectivity index is 1.71. The van der Waals surface area contributed by atoms with E-state index < -0.39 is 0 Å². The molecule has 2 atom stereocenters. The average Bonchev–Trinajstić information content (AvgIpc) is 3.29. The summed E-state index contributed by atoms with van der Waals surface area (Å²) in [5, 5.41) is 4.15. The predicted molar refractivity (Wildman–Crippen MR) is 130 cm³/mol. The van der Waals surface area contributed by atoms with Gasteiger partial charge >= 0.3 is 0 Å². The van der Waals surface area contributed by atoms with Gasteiger partial charge in [-0.2, -0.15) is 0 Å². The predicted octanol–water partition coefficient (Wildman–Crippen LogP) is 3.83. The van der Waals surface area contributed by atoms with Crippen LogP contribution in [0.25, 0.3) is 22.2 Å². The van der Waals surface area contributed by atoms with Gasteiger partial charge in [0.05, 0.1) is 43.5 Å². The number of carbonyl (C=O) groups is 1. The first-order valence-corrected chi connectivity index (χ1v) is 11.7. The second kappa shape index (κ2) is 9.70. The highest BCUT2D eigenvalue weighted by Crippen LogP contribution is 2.28. The topological polar surface area (TPSA) is 55.7 Å². The quantitative estimate of drug-likeness (QED) is 0.597. The monoisotopic (exact) mass is 432 g/mol. The molecule has 32 heavy (non-hydrogen) atoms. The van der Waals surface area contributed by atoms with Gasteiger partial charge in [0.25, 0.3) is 5.91 Å². The Kier molecular flexibility index (Phi) is 6.75. The number of quaternary nitrogens is 1. The molecule has 1 fully saturated rings. The Morgan fingerprint density at radius 2 is 1.97 bits per heavy atom. The summed E-state index contributed by atoms with van der Waals surface area (Å²) in [6.45, 7) is 9.59. The number of ether oxygens (including phenoxy) is 1. The third-order valence-corrected chi connectivity index (χ3v) is 6.72. The molecule has 1 aliphatic rings. The second-order valence-electron chi connectivity index (χ2n) is 9.03. The SMILES string of the molecule is CC[NH+]1CCCC1CNC(=O)c1cc(-c2ccc(OC)cc2)nc2ccc(C(C)C)cc12. The fourth-order valence-electron chi connectivity index (χ4n) is 4.71. The van der Waals surface area contributed by atoms with Crippen LogP contribution in [0.3, 0.4) is 0 Å². The average molecular weight is 433 g/mol. The number of nitrogens with one attached hydrogen (secondary N) is 2. The molecule has 168 valence electrons. The highest BCUT2D eigenvalue weighted by Gasteiger charge is 2.27. The number of nitrogens with zero attached hydrogens (tertiary/aromatic N) is 1. The van der Waals surface area contributed by atoms with Gasteiger partial charge in [-0.3, -0.25) is 4.79 Å². The molecule has 3 aromatic rings. The number of methoxy groups -OCH3 is 1. The summed E-state index contributed by atoms with van der Waals surface area (Å²) in [5.74, 6) is 1.17. The molecule has 4 rings (SSSR count). The number of hydrogen-bond acceptors (Lipinski definition) is 3. The molecule has 2 unspecified atom stereocenters. The van der Waals surface area contributed by atoms with Gasteiger partial charge in [-0.1, -0.05) is 19.9 Å². The number of amides is 1. The lowest BCUT2D eigenvalue weighted by Gasteiger charge is -2.20. The molecule has 5 heteroatoms. The number of likely N-dealkylation sites (N-methyl/N-ethyl adjacent to an activating group) is 1. The van der Waals surface area contributed by atoms with Gasteiger partial charge in [0.2, 0.25) is 0 Å². The number of likely N-dealkylation sites (tertiary alicyclic amines) is 1. The minimum atomic E-state index is -0.0181. The van der Waals surface area contributed by atoms with Gasteiger partial charge in [-0.25, -0.2) is 4.98 Å². The van der Waals surface area contributed by atoms with Crippen LogP contribution in [0.1, 0.15) is 55.5 Å². The summed E-state index contributed by atoms with van der Waals surface area (Å²) in [4.78, 5) is 19.9. The first kappa shape index (κ1) is 22.3. The summed E-state index contributed by atoms with van der Waals surface area (Å²) in [7, 11) is 1.66. The summed E-state index contributed by atoms with van der Waals surface area (Å²) in [6.07, 6.45) is 2.41. The van der Waals surface area contributed by atoms with E-state index >= 15 is 0 Å². The Bertz CT molecular complexity index is 1090. The first-order valence-electron chi connectivity index (χ1n) is 11.7. The smallest absolute Gasteiger partial charge is 0.252 e. The lowest BCUT2D eigenvalue weighted by atomic mass is 9.97. The highest BCUT2D eigenvalue weighted by atomic mass is 16.5. The van der Waals surface area contributed by atoms with Gasteiger partial charge < -0.3 is 15.0 Å². The van der Waals surface area contributed by atoms with Crippen LogP contribution < -0.4 is 15.0 Å². The van der Waals surface area contributed by atoms with Crippen molar-refractivity contribution in [1.29, 1.82) is 0 Å². The van der Waals surface area contributed by atoms with Gasteiger partial charge in [-0.15, -0.1) is 0 Å². The zero-order valence-electron chi connectivity index (χ0n) is 19.6. The molecule has 1 aromatic heterocycles. The van der Waals surface area contributed by atoms with Crippen LogP contribution >= 0.6 is 0 Å². The minimum absolute atomic E-state index is 0.0181. The van der Waals surface area contributed by atoms with E-state index in [1.165, 1.54) is 24.9 Å².